The number of hydrogen-bond acceptors (Lipinski definition) is 5. The van der Waals surface area contributed by atoms with Crippen LogP contribution in [0.3, 0.4) is 0 Å². The predicted molar refractivity (Wildman–Crippen MR) is 60.9 cm³/mol. The summed E-state index contributed by atoms with van der Waals surface area (Å²) in [4.78, 5) is 24.1. The normalized spacial score (nSPS) is 15.9. The van der Waals surface area contributed by atoms with E-state index >= 15 is 0 Å². The van der Waals surface area contributed by atoms with Crippen molar-refractivity contribution in [1.29, 1.82) is 0 Å². The second-order valence-electron chi connectivity index (χ2n) is 3.60. The SMILES string of the molecule is O=C(O)Cn1cc(C(=O)N2CCSCC2)nn1. The molecule has 2 heterocycles. The maximum absolute atomic E-state index is 12.0. The zero-order chi connectivity index (χ0) is 12.3. The van der Waals surface area contributed by atoms with Crippen molar-refractivity contribution in [2.24, 2.45) is 0 Å². The molecule has 0 atom stereocenters. The van der Waals surface area contributed by atoms with Crippen LogP contribution >= 0.6 is 11.8 Å². The molecule has 7 nitrogen and oxygen atoms in total. The lowest BCUT2D eigenvalue weighted by molar-refractivity contribution is -0.137. The molecule has 92 valence electrons. The Kier molecular flexibility index (Phi) is 3.62. The van der Waals surface area contributed by atoms with E-state index in [-0.39, 0.29) is 18.1 Å². The first kappa shape index (κ1) is 11.9. The number of carbonyl (C=O) groups is 2. The Balaban J connectivity index is 2.03. The molecule has 0 unspecified atom stereocenters. The minimum Gasteiger partial charge on any atom is -0.480 e. The lowest BCUT2D eigenvalue weighted by Gasteiger charge is -2.25. The predicted octanol–water partition coefficient (Wildman–Crippen LogP) is -0.448. The van der Waals surface area contributed by atoms with Gasteiger partial charge in [-0.25, -0.2) is 4.68 Å². The third-order valence-corrected chi connectivity index (χ3v) is 3.30. The first-order valence-corrected chi connectivity index (χ1v) is 6.31. The fraction of sp³-hybridized carbons (Fsp3) is 0.556. The largest absolute Gasteiger partial charge is 0.480 e. The van der Waals surface area contributed by atoms with E-state index in [9.17, 15) is 9.59 Å². The highest BCUT2D eigenvalue weighted by atomic mass is 32.2. The Labute approximate surface area is 102 Å². The number of thioether (sulfide) groups is 1. The number of hydrogen-bond donors (Lipinski definition) is 1. The topological polar surface area (TPSA) is 88.3 Å². The lowest BCUT2D eigenvalue weighted by atomic mass is 10.3. The van der Waals surface area contributed by atoms with Crippen molar-refractivity contribution in [2.45, 2.75) is 6.54 Å². The average molecular weight is 256 g/mol. The second-order valence-corrected chi connectivity index (χ2v) is 4.82. The Hall–Kier alpha value is -1.57. The Morgan fingerprint density at radius 1 is 1.41 bits per heavy atom. The molecule has 17 heavy (non-hydrogen) atoms. The van der Waals surface area contributed by atoms with Crippen LogP contribution in [0.5, 0.6) is 0 Å². The molecule has 1 aliphatic rings. The molecule has 1 fully saturated rings. The average Bonchev–Trinajstić information content (AvgIpc) is 2.77. The number of aromatic nitrogens is 3. The number of nitrogens with zero attached hydrogens (tertiary/aromatic N) is 4. The number of carboxylic acids is 1. The quantitative estimate of drug-likeness (QED) is 0.788. The molecule has 0 aliphatic carbocycles. The van der Waals surface area contributed by atoms with Gasteiger partial charge in [-0.15, -0.1) is 5.10 Å². The minimum atomic E-state index is -1.01. The van der Waals surface area contributed by atoms with E-state index in [1.54, 1.807) is 4.90 Å². The highest BCUT2D eigenvalue weighted by molar-refractivity contribution is 7.99. The zero-order valence-corrected chi connectivity index (χ0v) is 9.89. The van der Waals surface area contributed by atoms with Gasteiger partial charge in [0.05, 0.1) is 6.20 Å². The van der Waals surface area contributed by atoms with Gasteiger partial charge in [0.2, 0.25) is 0 Å². The monoisotopic (exact) mass is 256 g/mol. The standard InChI is InChI=1S/C9H12N4O3S/c14-8(15)6-13-5-7(10-11-13)9(16)12-1-3-17-4-2-12/h5H,1-4,6H2,(H,14,15). The molecule has 0 saturated carbocycles. The highest BCUT2D eigenvalue weighted by Gasteiger charge is 2.21. The number of rotatable bonds is 3. The summed E-state index contributed by atoms with van der Waals surface area (Å²) in [5.74, 6) is 0.662. The summed E-state index contributed by atoms with van der Waals surface area (Å²) in [5.41, 5.74) is 0.207. The van der Waals surface area contributed by atoms with E-state index < -0.39 is 5.97 Å². The number of amides is 1. The van der Waals surface area contributed by atoms with E-state index in [1.807, 2.05) is 11.8 Å². The summed E-state index contributed by atoms with van der Waals surface area (Å²) in [6.45, 7) is 1.13. The van der Waals surface area contributed by atoms with Crippen molar-refractivity contribution in [3.05, 3.63) is 11.9 Å². The van der Waals surface area contributed by atoms with Crippen LogP contribution in [-0.4, -0.2) is 61.5 Å². The minimum absolute atomic E-state index is 0.179. The summed E-state index contributed by atoms with van der Waals surface area (Å²) >= 11 is 1.81. The third-order valence-electron chi connectivity index (χ3n) is 2.35. The highest BCUT2D eigenvalue weighted by Crippen LogP contribution is 2.11. The zero-order valence-electron chi connectivity index (χ0n) is 9.07. The van der Waals surface area contributed by atoms with Crippen molar-refractivity contribution >= 4 is 23.6 Å². The van der Waals surface area contributed by atoms with Gasteiger partial charge >= 0.3 is 5.97 Å². The molecule has 8 heteroatoms. The molecular formula is C9H12N4O3S. The fourth-order valence-electron chi connectivity index (χ4n) is 1.54. The van der Waals surface area contributed by atoms with Gasteiger partial charge in [0.15, 0.2) is 5.69 Å². The molecule has 0 aromatic carbocycles. The van der Waals surface area contributed by atoms with Gasteiger partial charge in [-0.1, -0.05) is 5.21 Å². The van der Waals surface area contributed by atoms with E-state index in [0.29, 0.717) is 13.1 Å². The summed E-state index contributed by atoms with van der Waals surface area (Å²) in [5, 5.41) is 15.9. The molecule has 2 rings (SSSR count). The van der Waals surface area contributed by atoms with Crippen LogP contribution < -0.4 is 0 Å². The van der Waals surface area contributed by atoms with Crippen molar-refractivity contribution in [3.8, 4) is 0 Å². The van der Waals surface area contributed by atoms with E-state index in [1.165, 1.54) is 6.20 Å². The van der Waals surface area contributed by atoms with E-state index in [0.717, 1.165) is 16.2 Å². The first-order valence-electron chi connectivity index (χ1n) is 5.16. The van der Waals surface area contributed by atoms with Gasteiger partial charge < -0.3 is 10.0 Å². The molecule has 1 N–H and O–H groups in total. The molecule has 1 saturated heterocycles. The van der Waals surface area contributed by atoms with E-state index in [2.05, 4.69) is 10.3 Å². The van der Waals surface area contributed by atoms with Crippen LogP contribution in [0.1, 0.15) is 10.5 Å². The molecule has 1 amide bonds. The van der Waals surface area contributed by atoms with Crippen LogP contribution in [0.4, 0.5) is 0 Å². The van der Waals surface area contributed by atoms with Crippen molar-refractivity contribution in [2.75, 3.05) is 24.6 Å². The number of aliphatic carboxylic acids is 1. The van der Waals surface area contributed by atoms with E-state index in [4.69, 9.17) is 5.11 Å². The van der Waals surface area contributed by atoms with Crippen molar-refractivity contribution in [1.82, 2.24) is 19.9 Å². The van der Waals surface area contributed by atoms with Gasteiger partial charge in [0.25, 0.3) is 5.91 Å². The Morgan fingerprint density at radius 3 is 2.76 bits per heavy atom. The van der Waals surface area contributed by atoms with Crippen LogP contribution in [0, 0.1) is 0 Å². The van der Waals surface area contributed by atoms with Crippen LogP contribution in [0.25, 0.3) is 0 Å². The molecule has 0 spiro atoms. The molecule has 1 aliphatic heterocycles. The maximum atomic E-state index is 12.0. The molecule has 0 radical (unpaired) electrons. The summed E-state index contributed by atoms with van der Waals surface area (Å²) in [6, 6.07) is 0. The van der Waals surface area contributed by atoms with Crippen molar-refractivity contribution in [3.63, 3.8) is 0 Å². The summed E-state index contributed by atoms with van der Waals surface area (Å²) in [7, 11) is 0. The van der Waals surface area contributed by atoms with Gasteiger partial charge in [0.1, 0.15) is 6.54 Å². The smallest absolute Gasteiger partial charge is 0.325 e. The number of carbonyl (C=O) groups excluding carboxylic acids is 1. The van der Waals surface area contributed by atoms with Gasteiger partial charge in [-0.3, -0.25) is 9.59 Å². The van der Waals surface area contributed by atoms with Crippen molar-refractivity contribution < 1.29 is 14.7 Å². The molecule has 1 aromatic rings. The molecular weight excluding hydrogens is 244 g/mol. The summed E-state index contributed by atoms with van der Waals surface area (Å²) < 4.78 is 1.15. The maximum Gasteiger partial charge on any atom is 0.325 e. The molecule has 0 bridgehead atoms. The lowest BCUT2D eigenvalue weighted by Crippen LogP contribution is -2.38. The fourth-order valence-corrected chi connectivity index (χ4v) is 2.44. The summed E-state index contributed by atoms with van der Waals surface area (Å²) in [6.07, 6.45) is 1.37. The van der Waals surface area contributed by atoms with Gasteiger partial charge in [-0.2, -0.15) is 11.8 Å². The second kappa shape index (κ2) is 5.17. The number of carboxylic acid groups (broad SMARTS) is 1. The molecule has 1 aromatic heterocycles. The van der Waals surface area contributed by atoms with Crippen LogP contribution in [-0.2, 0) is 11.3 Å². The Bertz CT molecular complexity index is 428. The van der Waals surface area contributed by atoms with Gasteiger partial charge in [-0.05, 0) is 0 Å². The van der Waals surface area contributed by atoms with Crippen LogP contribution in [0.15, 0.2) is 6.20 Å². The van der Waals surface area contributed by atoms with Gasteiger partial charge in [0, 0.05) is 24.6 Å². The first-order chi connectivity index (χ1) is 8.16. The third kappa shape index (κ3) is 2.96. The Morgan fingerprint density at radius 2 is 2.12 bits per heavy atom. The van der Waals surface area contributed by atoms with Crippen LogP contribution in [0.2, 0.25) is 0 Å².